The fourth-order valence-corrected chi connectivity index (χ4v) is 2.11. The van der Waals surface area contributed by atoms with Crippen molar-refractivity contribution in [2.45, 2.75) is 18.9 Å². The monoisotopic (exact) mass is 216 g/mol. The molecule has 1 aliphatic rings. The van der Waals surface area contributed by atoms with Crippen molar-refractivity contribution in [2.24, 2.45) is 11.7 Å². The standard InChI is InChI=1S/C13H16N2O/c14-8-11-4-2-1-3-10(11)7-12-9-16-6-5-13(12)15/h1-4,12-13H,5-7,9,15H2/t12-,13-/m1/s1. The van der Waals surface area contributed by atoms with Gasteiger partial charge in [-0.05, 0) is 24.5 Å². The molecule has 0 unspecified atom stereocenters. The van der Waals surface area contributed by atoms with Crippen molar-refractivity contribution in [2.75, 3.05) is 13.2 Å². The molecule has 0 aromatic heterocycles. The van der Waals surface area contributed by atoms with Gasteiger partial charge in [0.1, 0.15) is 0 Å². The van der Waals surface area contributed by atoms with E-state index in [1.165, 1.54) is 0 Å². The first-order valence-corrected chi connectivity index (χ1v) is 5.62. The zero-order valence-corrected chi connectivity index (χ0v) is 9.23. The van der Waals surface area contributed by atoms with Crippen molar-refractivity contribution in [1.29, 1.82) is 5.26 Å². The van der Waals surface area contributed by atoms with Gasteiger partial charge in [0.2, 0.25) is 0 Å². The smallest absolute Gasteiger partial charge is 0.0994 e. The van der Waals surface area contributed by atoms with Gasteiger partial charge in [-0.15, -0.1) is 0 Å². The summed E-state index contributed by atoms with van der Waals surface area (Å²) in [6.45, 7) is 1.47. The second-order valence-electron chi connectivity index (χ2n) is 4.26. The van der Waals surface area contributed by atoms with Gasteiger partial charge in [-0.1, -0.05) is 18.2 Å². The van der Waals surface area contributed by atoms with Gasteiger partial charge in [0.15, 0.2) is 0 Å². The molecule has 0 saturated carbocycles. The SMILES string of the molecule is N#Cc1ccccc1C[C@@H]1COCC[C@H]1N. The molecule has 0 bridgehead atoms. The van der Waals surface area contributed by atoms with Crippen molar-refractivity contribution in [1.82, 2.24) is 0 Å². The molecule has 3 heteroatoms. The normalized spacial score (nSPS) is 25.0. The maximum absolute atomic E-state index is 9.00. The number of rotatable bonds is 2. The van der Waals surface area contributed by atoms with E-state index in [4.69, 9.17) is 15.7 Å². The average Bonchev–Trinajstić information content (AvgIpc) is 2.33. The van der Waals surface area contributed by atoms with E-state index in [2.05, 4.69) is 6.07 Å². The summed E-state index contributed by atoms with van der Waals surface area (Å²) in [6, 6.07) is 10.1. The third-order valence-electron chi connectivity index (χ3n) is 3.15. The van der Waals surface area contributed by atoms with Gasteiger partial charge in [0, 0.05) is 18.6 Å². The first-order valence-electron chi connectivity index (χ1n) is 5.62. The summed E-state index contributed by atoms with van der Waals surface area (Å²) in [6.07, 6.45) is 1.75. The number of nitrogens with zero attached hydrogens (tertiary/aromatic N) is 1. The fraction of sp³-hybridized carbons (Fsp3) is 0.462. The second kappa shape index (κ2) is 5.11. The highest BCUT2D eigenvalue weighted by Gasteiger charge is 2.23. The van der Waals surface area contributed by atoms with Gasteiger partial charge in [-0.3, -0.25) is 0 Å². The second-order valence-corrected chi connectivity index (χ2v) is 4.26. The highest BCUT2D eigenvalue weighted by atomic mass is 16.5. The molecule has 1 heterocycles. The van der Waals surface area contributed by atoms with Crippen LogP contribution in [-0.2, 0) is 11.2 Å². The lowest BCUT2D eigenvalue weighted by Gasteiger charge is -2.28. The lowest BCUT2D eigenvalue weighted by Crippen LogP contribution is -2.39. The number of nitriles is 1. The molecule has 0 amide bonds. The fourth-order valence-electron chi connectivity index (χ4n) is 2.11. The predicted octanol–water partition coefficient (Wildman–Crippen LogP) is 1.46. The zero-order chi connectivity index (χ0) is 11.4. The number of hydrogen-bond acceptors (Lipinski definition) is 3. The lowest BCUT2D eigenvalue weighted by molar-refractivity contribution is 0.0422. The first kappa shape index (κ1) is 11.1. The molecule has 2 N–H and O–H groups in total. The topological polar surface area (TPSA) is 59.0 Å². The van der Waals surface area contributed by atoms with Crippen LogP contribution in [0.3, 0.4) is 0 Å². The zero-order valence-electron chi connectivity index (χ0n) is 9.23. The van der Waals surface area contributed by atoms with E-state index in [1.54, 1.807) is 0 Å². The van der Waals surface area contributed by atoms with Crippen LogP contribution in [0, 0.1) is 17.2 Å². The number of hydrogen-bond donors (Lipinski definition) is 1. The van der Waals surface area contributed by atoms with Crippen LogP contribution in [0.25, 0.3) is 0 Å². The molecule has 1 saturated heterocycles. The Hall–Kier alpha value is -1.37. The van der Waals surface area contributed by atoms with E-state index in [0.717, 1.165) is 30.6 Å². The third kappa shape index (κ3) is 2.41. The van der Waals surface area contributed by atoms with Crippen LogP contribution in [0.15, 0.2) is 24.3 Å². The van der Waals surface area contributed by atoms with Gasteiger partial charge in [-0.25, -0.2) is 0 Å². The van der Waals surface area contributed by atoms with E-state index in [1.807, 2.05) is 24.3 Å². The van der Waals surface area contributed by atoms with Crippen LogP contribution in [-0.4, -0.2) is 19.3 Å². The number of nitrogens with two attached hydrogens (primary N) is 1. The average molecular weight is 216 g/mol. The Kier molecular flexibility index (Phi) is 3.55. The maximum atomic E-state index is 9.00. The molecule has 0 spiro atoms. The summed E-state index contributed by atoms with van der Waals surface area (Å²) in [5.41, 5.74) is 7.89. The van der Waals surface area contributed by atoms with E-state index in [-0.39, 0.29) is 6.04 Å². The molecule has 1 fully saturated rings. The van der Waals surface area contributed by atoms with Crippen molar-refractivity contribution < 1.29 is 4.74 Å². The Bertz CT molecular complexity index is 397. The number of benzene rings is 1. The highest BCUT2D eigenvalue weighted by Crippen LogP contribution is 2.20. The van der Waals surface area contributed by atoms with Gasteiger partial charge in [0.05, 0.1) is 18.2 Å². The van der Waals surface area contributed by atoms with Gasteiger partial charge < -0.3 is 10.5 Å². The van der Waals surface area contributed by atoms with Crippen LogP contribution in [0.1, 0.15) is 17.5 Å². The predicted molar refractivity (Wildman–Crippen MR) is 61.8 cm³/mol. The molecule has 84 valence electrons. The summed E-state index contributed by atoms with van der Waals surface area (Å²) in [7, 11) is 0. The Labute approximate surface area is 95.8 Å². The molecule has 1 aliphatic heterocycles. The van der Waals surface area contributed by atoms with Crippen molar-refractivity contribution in [3.8, 4) is 6.07 Å². The molecule has 0 aliphatic carbocycles. The van der Waals surface area contributed by atoms with Crippen molar-refractivity contribution >= 4 is 0 Å². The van der Waals surface area contributed by atoms with Crippen molar-refractivity contribution in [3.63, 3.8) is 0 Å². The largest absolute Gasteiger partial charge is 0.381 e. The molecule has 16 heavy (non-hydrogen) atoms. The molecule has 2 atom stereocenters. The quantitative estimate of drug-likeness (QED) is 0.814. The van der Waals surface area contributed by atoms with Crippen LogP contribution in [0.2, 0.25) is 0 Å². The molecule has 1 aromatic rings. The van der Waals surface area contributed by atoms with Crippen LogP contribution in [0.4, 0.5) is 0 Å². The third-order valence-corrected chi connectivity index (χ3v) is 3.15. The van der Waals surface area contributed by atoms with Gasteiger partial charge in [0.25, 0.3) is 0 Å². The van der Waals surface area contributed by atoms with Crippen molar-refractivity contribution in [3.05, 3.63) is 35.4 Å². The van der Waals surface area contributed by atoms with E-state index >= 15 is 0 Å². The highest BCUT2D eigenvalue weighted by molar-refractivity contribution is 5.37. The Morgan fingerprint density at radius 3 is 3.00 bits per heavy atom. The first-order chi connectivity index (χ1) is 7.81. The summed E-state index contributed by atoms with van der Waals surface area (Å²) < 4.78 is 5.44. The number of ether oxygens (including phenoxy) is 1. The minimum Gasteiger partial charge on any atom is -0.381 e. The van der Waals surface area contributed by atoms with Gasteiger partial charge >= 0.3 is 0 Å². The molecular formula is C13H16N2O. The Morgan fingerprint density at radius 2 is 2.25 bits per heavy atom. The molecule has 0 radical (unpaired) electrons. The maximum Gasteiger partial charge on any atom is 0.0994 e. The summed E-state index contributed by atoms with van der Waals surface area (Å²) in [4.78, 5) is 0. The molecular weight excluding hydrogens is 200 g/mol. The van der Waals surface area contributed by atoms with Crippen LogP contribution >= 0.6 is 0 Å². The molecule has 3 nitrogen and oxygen atoms in total. The summed E-state index contributed by atoms with van der Waals surface area (Å²) >= 11 is 0. The summed E-state index contributed by atoms with van der Waals surface area (Å²) in [5, 5.41) is 9.00. The van der Waals surface area contributed by atoms with Crippen LogP contribution in [0.5, 0.6) is 0 Å². The van der Waals surface area contributed by atoms with Gasteiger partial charge in [-0.2, -0.15) is 5.26 Å². The van der Waals surface area contributed by atoms with E-state index in [0.29, 0.717) is 12.5 Å². The van der Waals surface area contributed by atoms with E-state index in [9.17, 15) is 0 Å². The minimum absolute atomic E-state index is 0.195. The summed E-state index contributed by atoms with van der Waals surface area (Å²) in [5.74, 6) is 0.336. The lowest BCUT2D eigenvalue weighted by atomic mass is 9.88. The van der Waals surface area contributed by atoms with E-state index < -0.39 is 0 Å². The van der Waals surface area contributed by atoms with Crippen LogP contribution < -0.4 is 5.73 Å². The molecule has 2 rings (SSSR count). The Balaban J connectivity index is 2.11. The Morgan fingerprint density at radius 1 is 1.44 bits per heavy atom. The molecule has 1 aromatic carbocycles. The minimum atomic E-state index is 0.195.